The van der Waals surface area contributed by atoms with E-state index < -0.39 is 5.97 Å². The van der Waals surface area contributed by atoms with Crippen LogP contribution in [-0.2, 0) is 4.79 Å². The van der Waals surface area contributed by atoms with Gasteiger partial charge in [0, 0.05) is 11.5 Å². The zero-order chi connectivity index (χ0) is 13.5. The standard InChI is InChI=1S/C12H18N.C2H4O2/c1-5-12(13(2,3)4)11-9-7-6-8-10-11;1-2(3)4/h5-10,12H,1H2,2-4H3;1H3,(H,3,4)/q+1;/p-1. The number of aliphatic carboxylic acids is 1. The van der Waals surface area contributed by atoms with Crippen LogP contribution in [0.5, 0.6) is 0 Å². The largest absolute Gasteiger partial charge is 0.550 e. The highest BCUT2D eigenvalue weighted by Crippen LogP contribution is 2.23. The zero-order valence-corrected chi connectivity index (χ0v) is 11.0. The molecule has 94 valence electrons. The number of carboxylic acids is 1. The molecule has 1 rings (SSSR count). The van der Waals surface area contributed by atoms with Crippen molar-refractivity contribution in [2.75, 3.05) is 21.1 Å². The lowest BCUT2D eigenvalue weighted by Gasteiger charge is -2.32. The van der Waals surface area contributed by atoms with Crippen molar-refractivity contribution in [1.82, 2.24) is 0 Å². The maximum Gasteiger partial charge on any atom is 0.133 e. The van der Waals surface area contributed by atoms with Crippen molar-refractivity contribution in [3.63, 3.8) is 0 Å². The Morgan fingerprint density at radius 1 is 1.29 bits per heavy atom. The third-order valence-electron chi connectivity index (χ3n) is 2.20. The monoisotopic (exact) mass is 235 g/mol. The summed E-state index contributed by atoms with van der Waals surface area (Å²) in [6.07, 6.45) is 2.01. The molecule has 0 aliphatic carbocycles. The molecule has 3 heteroatoms. The molecule has 0 aliphatic heterocycles. The number of likely N-dealkylation sites (N-methyl/N-ethyl adjacent to an activating group) is 1. The lowest BCUT2D eigenvalue weighted by molar-refractivity contribution is -0.895. The number of nitrogens with zero attached hydrogens (tertiary/aromatic N) is 1. The lowest BCUT2D eigenvalue weighted by Crippen LogP contribution is -2.37. The molecule has 0 aromatic heterocycles. The summed E-state index contributed by atoms with van der Waals surface area (Å²) >= 11 is 0. The fraction of sp³-hybridized carbons (Fsp3) is 0.357. The summed E-state index contributed by atoms with van der Waals surface area (Å²) in [5.41, 5.74) is 1.32. The van der Waals surface area contributed by atoms with E-state index in [1.807, 2.05) is 12.1 Å². The van der Waals surface area contributed by atoms with Gasteiger partial charge in [-0.25, -0.2) is 0 Å². The minimum atomic E-state index is -1.08. The van der Waals surface area contributed by atoms with E-state index >= 15 is 0 Å². The first-order chi connectivity index (χ1) is 7.79. The van der Waals surface area contributed by atoms with Crippen LogP contribution < -0.4 is 5.11 Å². The summed E-state index contributed by atoms with van der Waals surface area (Å²) in [6, 6.07) is 10.9. The molecule has 1 aromatic rings. The maximum absolute atomic E-state index is 8.89. The van der Waals surface area contributed by atoms with Gasteiger partial charge in [-0.3, -0.25) is 0 Å². The highest BCUT2D eigenvalue weighted by molar-refractivity contribution is 5.60. The van der Waals surface area contributed by atoms with Gasteiger partial charge in [0.25, 0.3) is 0 Å². The molecule has 0 radical (unpaired) electrons. The van der Waals surface area contributed by atoms with Gasteiger partial charge < -0.3 is 14.4 Å². The Morgan fingerprint density at radius 3 is 2.00 bits per heavy atom. The fourth-order valence-electron chi connectivity index (χ4n) is 1.55. The Morgan fingerprint density at radius 2 is 1.71 bits per heavy atom. The van der Waals surface area contributed by atoms with Crippen molar-refractivity contribution in [3.8, 4) is 0 Å². The molecule has 0 N–H and O–H groups in total. The molecular formula is C14H21NO2. The van der Waals surface area contributed by atoms with Gasteiger partial charge in [0.1, 0.15) is 6.04 Å². The Labute approximate surface area is 104 Å². The van der Waals surface area contributed by atoms with Crippen LogP contribution in [0.15, 0.2) is 43.0 Å². The minimum absolute atomic E-state index is 0.376. The first kappa shape index (κ1) is 15.4. The molecule has 0 fully saturated rings. The van der Waals surface area contributed by atoms with Crippen LogP contribution in [0.2, 0.25) is 0 Å². The molecule has 1 atom stereocenters. The molecule has 1 aromatic carbocycles. The highest BCUT2D eigenvalue weighted by atomic mass is 16.4. The van der Waals surface area contributed by atoms with Crippen molar-refractivity contribution in [3.05, 3.63) is 48.6 Å². The molecule has 0 amide bonds. The molecular weight excluding hydrogens is 214 g/mol. The fourth-order valence-corrected chi connectivity index (χ4v) is 1.55. The van der Waals surface area contributed by atoms with Gasteiger partial charge in [0.05, 0.1) is 21.1 Å². The van der Waals surface area contributed by atoms with E-state index in [0.717, 1.165) is 11.4 Å². The van der Waals surface area contributed by atoms with Gasteiger partial charge in [-0.2, -0.15) is 0 Å². The minimum Gasteiger partial charge on any atom is -0.550 e. The van der Waals surface area contributed by atoms with E-state index in [1.165, 1.54) is 5.56 Å². The topological polar surface area (TPSA) is 40.1 Å². The SMILES string of the molecule is C=CC(c1ccccc1)[N+](C)(C)C.CC(=O)[O-]. The van der Waals surface area contributed by atoms with Gasteiger partial charge in [-0.15, -0.1) is 0 Å². The van der Waals surface area contributed by atoms with Crippen LogP contribution >= 0.6 is 0 Å². The van der Waals surface area contributed by atoms with Crippen LogP contribution in [0, 0.1) is 0 Å². The third-order valence-corrected chi connectivity index (χ3v) is 2.20. The van der Waals surface area contributed by atoms with Crippen LogP contribution in [-0.4, -0.2) is 31.6 Å². The number of quaternary nitrogens is 1. The number of rotatable bonds is 3. The average molecular weight is 235 g/mol. The second kappa shape index (κ2) is 6.86. The van der Waals surface area contributed by atoms with Crippen LogP contribution in [0.3, 0.4) is 0 Å². The van der Waals surface area contributed by atoms with E-state index in [1.54, 1.807) is 0 Å². The molecule has 0 bridgehead atoms. The summed E-state index contributed by atoms with van der Waals surface area (Å²) in [7, 11) is 6.54. The number of carboxylic acid groups (broad SMARTS) is 1. The van der Waals surface area contributed by atoms with Crippen molar-refractivity contribution in [1.29, 1.82) is 0 Å². The quantitative estimate of drug-likeness (QED) is 0.586. The molecule has 17 heavy (non-hydrogen) atoms. The van der Waals surface area contributed by atoms with Gasteiger partial charge >= 0.3 is 0 Å². The molecule has 0 saturated carbocycles. The molecule has 0 aliphatic rings. The van der Waals surface area contributed by atoms with Crippen LogP contribution in [0.25, 0.3) is 0 Å². The molecule has 0 saturated heterocycles. The first-order valence-corrected chi connectivity index (χ1v) is 5.45. The Kier molecular flexibility index (Phi) is 6.21. The maximum atomic E-state index is 8.89. The van der Waals surface area contributed by atoms with E-state index in [0.29, 0.717) is 6.04 Å². The number of carbonyl (C=O) groups excluding carboxylic acids is 1. The molecule has 0 heterocycles. The van der Waals surface area contributed by atoms with E-state index in [4.69, 9.17) is 9.90 Å². The van der Waals surface area contributed by atoms with Crippen LogP contribution in [0.1, 0.15) is 18.5 Å². The first-order valence-electron chi connectivity index (χ1n) is 5.45. The normalized spacial score (nSPS) is 12.0. The van der Waals surface area contributed by atoms with Crippen LogP contribution in [0.4, 0.5) is 0 Å². The Balaban J connectivity index is 0.000000557. The lowest BCUT2D eigenvalue weighted by atomic mass is 10.1. The van der Waals surface area contributed by atoms with Crippen molar-refractivity contribution >= 4 is 5.97 Å². The van der Waals surface area contributed by atoms with Gasteiger partial charge in [0.15, 0.2) is 0 Å². The highest BCUT2D eigenvalue weighted by Gasteiger charge is 2.21. The van der Waals surface area contributed by atoms with E-state index in [2.05, 4.69) is 52.0 Å². The zero-order valence-electron chi connectivity index (χ0n) is 11.0. The van der Waals surface area contributed by atoms with Gasteiger partial charge in [0.2, 0.25) is 0 Å². The van der Waals surface area contributed by atoms with Crippen molar-refractivity contribution in [2.45, 2.75) is 13.0 Å². The van der Waals surface area contributed by atoms with E-state index in [-0.39, 0.29) is 0 Å². The van der Waals surface area contributed by atoms with Gasteiger partial charge in [-0.05, 0) is 13.0 Å². The summed E-state index contributed by atoms with van der Waals surface area (Å²) in [5, 5.41) is 8.89. The summed E-state index contributed by atoms with van der Waals surface area (Å²) in [4.78, 5) is 8.89. The van der Waals surface area contributed by atoms with Gasteiger partial charge in [-0.1, -0.05) is 36.9 Å². The predicted molar refractivity (Wildman–Crippen MR) is 68.1 cm³/mol. The summed E-state index contributed by atoms with van der Waals surface area (Å²) in [6.45, 7) is 4.86. The summed E-state index contributed by atoms with van der Waals surface area (Å²) < 4.78 is 0.882. The Bertz CT molecular complexity index is 348. The summed E-state index contributed by atoms with van der Waals surface area (Å²) in [5.74, 6) is -1.08. The molecule has 1 unspecified atom stereocenters. The predicted octanol–water partition coefficient (Wildman–Crippen LogP) is 1.38. The molecule has 3 nitrogen and oxygen atoms in total. The molecule has 0 spiro atoms. The second-order valence-electron chi connectivity index (χ2n) is 4.70. The number of benzene rings is 1. The number of carbonyl (C=O) groups is 1. The second-order valence-corrected chi connectivity index (χ2v) is 4.70. The number of hydrogen-bond acceptors (Lipinski definition) is 2. The van der Waals surface area contributed by atoms with E-state index in [9.17, 15) is 0 Å². The van der Waals surface area contributed by atoms with Crippen molar-refractivity contribution in [2.24, 2.45) is 0 Å². The smallest absolute Gasteiger partial charge is 0.133 e. The number of hydrogen-bond donors (Lipinski definition) is 0. The Hall–Kier alpha value is -1.61. The third kappa shape index (κ3) is 6.53. The van der Waals surface area contributed by atoms with Crippen molar-refractivity contribution < 1.29 is 14.4 Å². The average Bonchev–Trinajstić information content (AvgIpc) is 2.17.